The van der Waals surface area contributed by atoms with Gasteiger partial charge in [0.1, 0.15) is 5.69 Å². The molecule has 0 aliphatic heterocycles. The minimum absolute atomic E-state index is 0.196. The number of nitrogens with one attached hydrogen (secondary N) is 2. The third-order valence-electron chi connectivity index (χ3n) is 4.32. The Morgan fingerprint density at radius 3 is 2.65 bits per heavy atom. The van der Waals surface area contributed by atoms with Crippen LogP contribution in [0.3, 0.4) is 0 Å². The highest BCUT2D eigenvalue weighted by molar-refractivity contribution is 9.10. The van der Waals surface area contributed by atoms with Crippen molar-refractivity contribution in [3.63, 3.8) is 0 Å². The third kappa shape index (κ3) is 3.80. The number of H-pyrrole nitrogens is 1. The van der Waals surface area contributed by atoms with Crippen LogP contribution in [0.15, 0.2) is 57.8 Å². The highest BCUT2D eigenvalue weighted by atomic mass is 79.9. The Kier molecular flexibility index (Phi) is 5.13. The summed E-state index contributed by atoms with van der Waals surface area (Å²) < 4.78 is 0.818. The maximum Gasteiger partial charge on any atom is 0.272 e. The Morgan fingerprint density at radius 1 is 1.15 bits per heavy atom. The van der Waals surface area contributed by atoms with Gasteiger partial charge in [-0.1, -0.05) is 22.0 Å². The number of benzene rings is 2. The van der Waals surface area contributed by atoms with Gasteiger partial charge in [0, 0.05) is 45.9 Å². The van der Waals surface area contributed by atoms with Gasteiger partial charge < -0.3 is 15.2 Å². The van der Waals surface area contributed by atoms with Crippen LogP contribution in [0.4, 0.5) is 11.4 Å². The number of pyridine rings is 1. The smallest absolute Gasteiger partial charge is 0.272 e. The van der Waals surface area contributed by atoms with Crippen LogP contribution >= 0.6 is 15.9 Å². The van der Waals surface area contributed by atoms with Crippen molar-refractivity contribution >= 4 is 44.1 Å². The van der Waals surface area contributed by atoms with Gasteiger partial charge in [-0.3, -0.25) is 9.59 Å². The van der Waals surface area contributed by atoms with E-state index in [0.717, 1.165) is 10.2 Å². The van der Waals surface area contributed by atoms with Crippen molar-refractivity contribution < 1.29 is 4.79 Å². The summed E-state index contributed by atoms with van der Waals surface area (Å²) in [5, 5.41) is 3.39. The summed E-state index contributed by atoms with van der Waals surface area (Å²) in [5.41, 5.74) is 2.34. The monoisotopic (exact) mass is 413 g/mol. The standard InChI is InChI=1S/C20H20BrN3O2/c1-12(2)24(3)15-6-4-5-14(10-15)22-20(26)18-11-19(25)16-9-13(21)7-8-17(16)23-18/h4-12H,1-3H3,(H,22,26)(H,23,25). The van der Waals surface area contributed by atoms with Gasteiger partial charge in [-0.05, 0) is 50.2 Å². The molecular weight excluding hydrogens is 394 g/mol. The molecule has 1 aromatic heterocycles. The fourth-order valence-electron chi connectivity index (χ4n) is 2.64. The second-order valence-corrected chi connectivity index (χ2v) is 7.36. The molecule has 6 heteroatoms. The first-order valence-electron chi connectivity index (χ1n) is 8.32. The van der Waals surface area contributed by atoms with Crippen LogP contribution in [0, 0.1) is 0 Å². The summed E-state index contributed by atoms with van der Waals surface area (Å²) in [6.45, 7) is 4.20. The second kappa shape index (κ2) is 7.33. The van der Waals surface area contributed by atoms with E-state index in [2.05, 4.69) is 45.0 Å². The third-order valence-corrected chi connectivity index (χ3v) is 4.82. The molecule has 0 spiro atoms. The van der Waals surface area contributed by atoms with E-state index >= 15 is 0 Å². The summed E-state index contributed by atoms with van der Waals surface area (Å²) in [7, 11) is 2.00. The summed E-state index contributed by atoms with van der Waals surface area (Å²) >= 11 is 3.35. The van der Waals surface area contributed by atoms with Crippen molar-refractivity contribution in [1.29, 1.82) is 0 Å². The first kappa shape index (κ1) is 18.2. The van der Waals surface area contributed by atoms with Gasteiger partial charge in [-0.15, -0.1) is 0 Å². The molecule has 0 radical (unpaired) electrons. The molecule has 0 saturated carbocycles. The van der Waals surface area contributed by atoms with Crippen LogP contribution < -0.4 is 15.6 Å². The number of rotatable bonds is 4. The summed E-state index contributed by atoms with van der Waals surface area (Å²) in [6, 6.07) is 14.6. The molecule has 0 fully saturated rings. The lowest BCUT2D eigenvalue weighted by molar-refractivity contribution is 0.102. The number of hydrogen-bond acceptors (Lipinski definition) is 3. The predicted molar refractivity (Wildman–Crippen MR) is 110 cm³/mol. The second-order valence-electron chi connectivity index (χ2n) is 6.45. The lowest BCUT2D eigenvalue weighted by Gasteiger charge is -2.24. The molecule has 26 heavy (non-hydrogen) atoms. The number of anilines is 2. The van der Waals surface area contributed by atoms with Crippen LogP contribution in [-0.2, 0) is 0 Å². The average molecular weight is 414 g/mol. The SMILES string of the molecule is CC(C)N(C)c1cccc(NC(=O)c2cc(=O)c3cc(Br)ccc3[nH]2)c1. The molecule has 0 unspecified atom stereocenters. The topological polar surface area (TPSA) is 65.2 Å². The van der Waals surface area contributed by atoms with Crippen molar-refractivity contribution in [2.45, 2.75) is 19.9 Å². The summed E-state index contributed by atoms with van der Waals surface area (Å²) in [4.78, 5) is 30.0. The molecule has 0 atom stereocenters. The largest absolute Gasteiger partial charge is 0.372 e. The van der Waals surface area contributed by atoms with Gasteiger partial charge in [0.2, 0.25) is 0 Å². The van der Waals surface area contributed by atoms with Gasteiger partial charge in [-0.2, -0.15) is 0 Å². The highest BCUT2D eigenvalue weighted by Gasteiger charge is 2.12. The van der Waals surface area contributed by atoms with E-state index in [1.165, 1.54) is 6.07 Å². The van der Waals surface area contributed by atoms with E-state index in [4.69, 9.17) is 0 Å². The number of aromatic nitrogens is 1. The fourth-order valence-corrected chi connectivity index (χ4v) is 3.00. The number of hydrogen-bond donors (Lipinski definition) is 2. The number of nitrogens with zero attached hydrogens (tertiary/aromatic N) is 1. The molecule has 1 amide bonds. The van der Waals surface area contributed by atoms with Crippen LogP contribution in [0.2, 0.25) is 0 Å². The average Bonchev–Trinajstić information content (AvgIpc) is 2.61. The Labute approximate surface area is 160 Å². The first-order valence-corrected chi connectivity index (χ1v) is 9.11. The molecule has 1 heterocycles. The van der Waals surface area contributed by atoms with Gasteiger partial charge in [-0.25, -0.2) is 0 Å². The van der Waals surface area contributed by atoms with E-state index in [9.17, 15) is 9.59 Å². The number of fused-ring (bicyclic) bond motifs is 1. The molecule has 5 nitrogen and oxygen atoms in total. The number of aromatic amines is 1. The zero-order valence-electron chi connectivity index (χ0n) is 14.8. The number of carbonyl (C=O) groups is 1. The van der Waals surface area contributed by atoms with Crippen molar-refractivity contribution in [3.8, 4) is 0 Å². The van der Waals surface area contributed by atoms with E-state index in [-0.39, 0.29) is 17.0 Å². The molecular formula is C20H20BrN3O2. The van der Waals surface area contributed by atoms with Crippen molar-refractivity contribution in [1.82, 2.24) is 4.98 Å². The van der Waals surface area contributed by atoms with Crippen LogP contribution in [0.25, 0.3) is 10.9 Å². The van der Waals surface area contributed by atoms with Gasteiger partial charge in [0.05, 0.1) is 0 Å². The van der Waals surface area contributed by atoms with Gasteiger partial charge in [0.25, 0.3) is 5.91 Å². The predicted octanol–water partition coefficient (Wildman–Crippen LogP) is 4.39. The molecule has 2 N–H and O–H groups in total. The zero-order valence-corrected chi connectivity index (χ0v) is 16.4. The number of amides is 1. The van der Waals surface area contributed by atoms with Crippen LogP contribution in [0.5, 0.6) is 0 Å². The molecule has 134 valence electrons. The fraction of sp³-hybridized carbons (Fsp3) is 0.200. The Balaban J connectivity index is 1.89. The van der Waals surface area contributed by atoms with Gasteiger partial charge >= 0.3 is 0 Å². The van der Waals surface area contributed by atoms with E-state index in [1.54, 1.807) is 12.1 Å². The number of halogens is 1. The Bertz CT molecular complexity index is 1030. The lowest BCUT2D eigenvalue weighted by Crippen LogP contribution is -2.25. The molecule has 0 bridgehead atoms. The van der Waals surface area contributed by atoms with Crippen LogP contribution in [0.1, 0.15) is 24.3 Å². The normalized spacial score (nSPS) is 11.0. The minimum Gasteiger partial charge on any atom is -0.372 e. The van der Waals surface area contributed by atoms with Crippen molar-refractivity contribution in [2.24, 2.45) is 0 Å². The van der Waals surface area contributed by atoms with Crippen molar-refractivity contribution in [2.75, 3.05) is 17.3 Å². The molecule has 0 aliphatic carbocycles. The maximum atomic E-state index is 12.6. The molecule has 0 aliphatic rings. The minimum atomic E-state index is -0.351. The van der Waals surface area contributed by atoms with E-state index in [0.29, 0.717) is 22.6 Å². The summed E-state index contributed by atoms with van der Waals surface area (Å²) in [5.74, 6) is -0.351. The quantitative estimate of drug-likeness (QED) is 0.666. The summed E-state index contributed by atoms with van der Waals surface area (Å²) in [6.07, 6.45) is 0. The molecule has 3 rings (SSSR count). The maximum absolute atomic E-state index is 12.6. The highest BCUT2D eigenvalue weighted by Crippen LogP contribution is 2.21. The Morgan fingerprint density at radius 2 is 1.92 bits per heavy atom. The van der Waals surface area contributed by atoms with Crippen LogP contribution in [-0.4, -0.2) is 24.0 Å². The molecule has 0 saturated heterocycles. The molecule has 3 aromatic rings. The lowest BCUT2D eigenvalue weighted by atomic mass is 10.2. The zero-order chi connectivity index (χ0) is 18.8. The van der Waals surface area contributed by atoms with E-state index < -0.39 is 0 Å². The first-order chi connectivity index (χ1) is 12.3. The number of carbonyl (C=O) groups excluding carboxylic acids is 1. The van der Waals surface area contributed by atoms with E-state index in [1.807, 2.05) is 37.4 Å². The van der Waals surface area contributed by atoms with Crippen molar-refractivity contribution in [3.05, 3.63) is 68.9 Å². The molecule has 2 aromatic carbocycles. The Hall–Kier alpha value is -2.60. The van der Waals surface area contributed by atoms with Gasteiger partial charge in [0.15, 0.2) is 5.43 Å².